The molecule has 0 heterocycles. The van der Waals surface area contributed by atoms with Crippen LogP contribution in [0.1, 0.15) is 265 Å². The second kappa shape index (κ2) is 55.2. The first-order valence-electron chi connectivity index (χ1n) is 28.1. The van der Waals surface area contributed by atoms with Crippen molar-refractivity contribution in [3.05, 3.63) is 85.1 Å². The predicted molar refractivity (Wildman–Crippen MR) is 288 cm³/mol. The molecule has 0 saturated carbocycles. The first-order valence-corrected chi connectivity index (χ1v) is 28.1. The molecule has 0 aliphatic carbocycles. The van der Waals surface area contributed by atoms with Gasteiger partial charge in [0.1, 0.15) is 13.2 Å². The molecule has 0 rings (SSSR count). The Hall–Kier alpha value is -3.41. The third-order valence-electron chi connectivity index (χ3n) is 11.9. The standard InChI is InChI=1S/C61H104O6/c1-4-7-10-13-16-19-22-25-28-29-30-31-34-36-39-42-45-48-51-54-60(63)66-57-58(67-61(64)55-52-49-46-43-40-37-33-27-24-21-18-15-12-9-6-3)56-65-59(62)53-50-47-44-41-38-35-32-26-23-20-17-14-11-8-5-2/h7,10,16,18-19,21,24-25,27-28,30-31,36,39,58H,4-6,8-9,11-15,17,20,22-23,26,29,32-35,37-38,40-57H2,1-3H3/b10-7-,19-16-,21-18-,27-24-,28-25-,31-30-,39-36-. The molecule has 0 radical (unpaired) electrons. The van der Waals surface area contributed by atoms with E-state index in [0.717, 1.165) is 109 Å². The predicted octanol–water partition coefficient (Wildman–Crippen LogP) is 18.8. The van der Waals surface area contributed by atoms with Gasteiger partial charge in [-0.15, -0.1) is 0 Å². The summed E-state index contributed by atoms with van der Waals surface area (Å²) in [6.07, 6.45) is 71.3. The molecule has 0 fully saturated rings. The molecule has 0 aliphatic heterocycles. The van der Waals surface area contributed by atoms with Gasteiger partial charge in [-0.2, -0.15) is 0 Å². The maximum Gasteiger partial charge on any atom is 0.306 e. The summed E-state index contributed by atoms with van der Waals surface area (Å²) in [5, 5.41) is 0. The molecule has 0 aromatic heterocycles. The van der Waals surface area contributed by atoms with Crippen LogP contribution in [0.15, 0.2) is 85.1 Å². The highest BCUT2D eigenvalue weighted by molar-refractivity contribution is 5.71. The molecule has 384 valence electrons. The smallest absolute Gasteiger partial charge is 0.306 e. The Morgan fingerprint density at radius 3 is 1.04 bits per heavy atom. The molecular formula is C61H104O6. The first kappa shape index (κ1) is 63.6. The van der Waals surface area contributed by atoms with E-state index in [-0.39, 0.29) is 31.1 Å². The van der Waals surface area contributed by atoms with Gasteiger partial charge in [-0.05, 0) is 89.9 Å². The van der Waals surface area contributed by atoms with Crippen molar-refractivity contribution < 1.29 is 28.6 Å². The first-order chi connectivity index (χ1) is 33.0. The van der Waals surface area contributed by atoms with Gasteiger partial charge in [0.05, 0.1) is 0 Å². The van der Waals surface area contributed by atoms with E-state index >= 15 is 0 Å². The number of ether oxygens (including phenoxy) is 3. The molecule has 0 aliphatic rings. The molecule has 0 spiro atoms. The summed E-state index contributed by atoms with van der Waals surface area (Å²) in [6, 6.07) is 0. The van der Waals surface area contributed by atoms with Gasteiger partial charge < -0.3 is 14.2 Å². The average Bonchev–Trinajstić information content (AvgIpc) is 3.33. The van der Waals surface area contributed by atoms with Crippen LogP contribution in [0.3, 0.4) is 0 Å². The molecule has 1 atom stereocenters. The molecule has 6 heteroatoms. The van der Waals surface area contributed by atoms with Crippen LogP contribution in [-0.4, -0.2) is 37.2 Å². The Labute approximate surface area is 414 Å². The normalized spacial score (nSPS) is 12.7. The van der Waals surface area contributed by atoms with E-state index in [4.69, 9.17) is 14.2 Å². The molecule has 0 bridgehead atoms. The van der Waals surface area contributed by atoms with Crippen molar-refractivity contribution in [3.8, 4) is 0 Å². The Balaban J connectivity index is 4.45. The fourth-order valence-electron chi connectivity index (χ4n) is 7.70. The molecule has 6 nitrogen and oxygen atoms in total. The van der Waals surface area contributed by atoms with Crippen molar-refractivity contribution in [2.24, 2.45) is 0 Å². The van der Waals surface area contributed by atoms with Gasteiger partial charge in [0.25, 0.3) is 0 Å². The number of carbonyl (C=O) groups is 3. The zero-order valence-electron chi connectivity index (χ0n) is 43.9. The van der Waals surface area contributed by atoms with Gasteiger partial charge in [0.2, 0.25) is 0 Å². The minimum Gasteiger partial charge on any atom is -0.462 e. The Bertz CT molecular complexity index is 1300. The van der Waals surface area contributed by atoms with E-state index in [1.807, 2.05) is 0 Å². The minimum atomic E-state index is -0.795. The lowest BCUT2D eigenvalue weighted by Crippen LogP contribution is -2.30. The van der Waals surface area contributed by atoms with Gasteiger partial charge in [-0.3, -0.25) is 14.4 Å². The van der Waals surface area contributed by atoms with Gasteiger partial charge in [0.15, 0.2) is 6.10 Å². The van der Waals surface area contributed by atoms with Crippen molar-refractivity contribution in [3.63, 3.8) is 0 Å². The zero-order valence-corrected chi connectivity index (χ0v) is 43.9. The Morgan fingerprint density at radius 2 is 0.627 bits per heavy atom. The quantitative estimate of drug-likeness (QED) is 0.0199. The molecule has 0 aromatic rings. The lowest BCUT2D eigenvalue weighted by Gasteiger charge is -2.18. The Morgan fingerprint density at radius 1 is 0.328 bits per heavy atom. The number of rotatable bonds is 50. The van der Waals surface area contributed by atoms with Crippen LogP contribution >= 0.6 is 0 Å². The van der Waals surface area contributed by atoms with Crippen molar-refractivity contribution >= 4 is 17.9 Å². The largest absolute Gasteiger partial charge is 0.462 e. The highest BCUT2D eigenvalue weighted by Gasteiger charge is 2.19. The van der Waals surface area contributed by atoms with Crippen molar-refractivity contribution in [1.29, 1.82) is 0 Å². The Kier molecular flexibility index (Phi) is 52.4. The van der Waals surface area contributed by atoms with Crippen LogP contribution in [0.5, 0.6) is 0 Å². The third-order valence-corrected chi connectivity index (χ3v) is 11.9. The van der Waals surface area contributed by atoms with Crippen LogP contribution in [-0.2, 0) is 28.6 Å². The monoisotopic (exact) mass is 933 g/mol. The van der Waals surface area contributed by atoms with E-state index in [2.05, 4.69) is 106 Å². The average molecular weight is 933 g/mol. The summed E-state index contributed by atoms with van der Waals surface area (Å²) in [4.78, 5) is 38.1. The van der Waals surface area contributed by atoms with Crippen LogP contribution < -0.4 is 0 Å². The van der Waals surface area contributed by atoms with E-state index in [1.54, 1.807) is 0 Å². The highest BCUT2D eigenvalue weighted by Crippen LogP contribution is 2.15. The zero-order chi connectivity index (χ0) is 48.6. The molecule has 67 heavy (non-hydrogen) atoms. The van der Waals surface area contributed by atoms with E-state index in [9.17, 15) is 14.4 Å². The summed E-state index contributed by atoms with van der Waals surface area (Å²) in [7, 11) is 0. The molecule has 0 N–H and O–H groups in total. The number of carbonyl (C=O) groups excluding carboxylic acids is 3. The maximum atomic E-state index is 12.8. The number of allylic oxidation sites excluding steroid dienone is 14. The molecule has 0 amide bonds. The summed E-state index contributed by atoms with van der Waals surface area (Å²) in [5.41, 5.74) is 0. The van der Waals surface area contributed by atoms with Gasteiger partial charge in [0, 0.05) is 19.3 Å². The molecule has 0 saturated heterocycles. The lowest BCUT2D eigenvalue weighted by molar-refractivity contribution is -0.167. The fourth-order valence-corrected chi connectivity index (χ4v) is 7.70. The topological polar surface area (TPSA) is 78.9 Å². The maximum absolute atomic E-state index is 12.8. The van der Waals surface area contributed by atoms with Crippen molar-refractivity contribution in [2.45, 2.75) is 271 Å². The number of hydrogen-bond acceptors (Lipinski definition) is 6. The van der Waals surface area contributed by atoms with E-state index in [0.29, 0.717) is 19.3 Å². The summed E-state index contributed by atoms with van der Waals surface area (Å²) in [6.45, 7) is 6.47. The highest BCUT2D eigenvalue weighted by atomic mass is 16.6. The number of hydrogen-bond donors (Lipinski definition) is 0. The molecule has 0 aromatic carbocycles. The summed E-state index contributed by atoms with van der Waals surface area (Å²) < 4.78 is 16.8. The van der Waals surface area contributed by atoms with Gasteiger partial charge in [-0.1, -0.05) is 241 Å². The van der Waals surface area contributed by atoms with Crippen LogP contribution in [0.25, 0.3) is 0 Å². The molecule has 1 unspecified atom stereocenters. The van der Waals surface area contributed by atoms with Gasteiger partial charge >= 0.3 is 17.9 Å². The fraction of sp³-hybridized carbons (Fsp3) is 0.721. The minimum absolute atomic E-state index is 0.0903. The SMILES string of the molecule is CC/C=C\C/C=C\C/C=C\C/C=C\C/C=C\CCCCCC(=O)OCC(COC(=O)CCCCCCCCCCCCCCCCC)OC(=O)CCCCCCCC/C=C\C=C/CCCCC. The van der Waals surface area contributed by atoms with Crippen molar-refractivity contribution in [1.82, 2.24) is 0 Å². The summed E-state index contributed by atoms with van der Waals surface area (Å²) >= 11 is 0. The van der Waals surface area contributed by atoms with Crippen LogP contribution in [0.4, 0.5) is 0 Å². The number of esters is 3. The number of unbranched alkanes of at least 4 members (excludes halogenated alkanes) is 26. The lowest BCUT2D eigenvalue weighted by atomic mass is 10.0. The third kappa shape index (κ3) is 53.4. The van der Waals surface area contributed by atoms with Crippen LogP contribution in [0.2, 0.25) is 0 Å². The summed E-state index contributed by atoms with van der Waals surface area (Å²) in [5.74, 6) is -0.930. The second-order valence-electron chi connectivity index (χ2n) is 18.5. The van der Waals surface area contributed by atoms with E-state index in [1.165, 1.54) is 116 Å². The van der Waals surface area contributed by atoms with E-state index < -0.39 is 6.10 Å². The molecular weight excluding hydrogens is 829 g/mol. The second-order valence-corrected chi connectivity index (χ2v) is 18.5. The van der Waals surface area contributed by atoms with Crippen LogP contribution in [0, 0.1) is 0 Å². The van der Waals surface area contributed by atoms with Gasteiger partial charge in [-0.25, -0.2) is 0 Å². The van der Waals surface area contributed by atoms with Crippen molar-refractivity contribution in [2.75, 3.05) is 13.2 Å².